The van der Waals surface area contributed by atoms with Crippen molar-refractivity contribution in [1.29, 1.82) is 0 Å². The quantitative estimate of drug-likeness (QED) is 0.814. The zero-order valence-electron chi connectivity index (χ0n) is 8.63. The van der Waals surface area contributed by atoms with Crippen LogP contribution in [0.5, 0.6) is 0 Å². The Kier molecular flexibility index (Phi) is 3.03. The van der Waals surface area contributed by atoms with Crippen molar-refractivity contribution in [2.45, 2.75) is 24.9 Å². The molecule has 0 spiro atoms. The monoisotopic (exact) mass is 209 g/mol. The molecule has 0 aliphatic carbocycles. The average molecular weight is 209 g/mol. The van der Waals surface area contributed by atoms with Gasteiger partial charge in [-0.25, -0.2) is 9.97 Å². The minimum atomic E-state index is 0.926. The summed E-state index contributed by atoms with van der Waals surface area (Å²) in [5.41, 5.74) is 3.79. The second-order valence-electron chi connectivity index (χ2n) is 3.50. The maximum Gasteiger partial charge on any atom is 0.130 e. The molecule has 4 heteroatoms. The maximum absolute atomic E-state index is 4.58. The van der Waals surface area contributed by atoms with Crippen LogP contribution in [-0.4, -0.2) is 23.6 Å². The molecule has 0 radical (unpaired) electrons. The van der Waals surface area contributed by atoms with Gasteiger partial charge in [0, 0.05) is 35.7 Å². The maximum atomic E-state index is 4.58. The molecular weight excluding hydrogens is 194 g/mol. The van der Waals surface area contributed by atoms with Gasteiger partial charge in [-0.3, -0.25) is 0 Å². The molecule has 0 fully saturated rings. The summed E-state index contributed by atoms with van der Waals surface area (Å²) in [6.45, 7) is 3.04. The lowest BCUT2D eigenvalue weighted by molar-refractivity contribution is 0.745. The van der Waals surface area contributed by atoms with Gasteiger partial charge in [0.1, 0.15) is 5.82 Å². The minimum Gasteiger partial charge on any atom is -0.319 e. The predicted octanol–water partition coefficient (Wildman–Crippen LogP) is 1.29. The third-order valence-electron chi connectivity index (χ3n) is 2.43. The Morgan fingerprint density at radius 1 is 1.36 bits per heavy atom. The number of hydrogen-bond acceptors (Lipinski definition) is 4. The van der Waals surface area contributed by atoms with Crippen LogP contribution < -0.4 is 5.32 Å². The molecule has 0 unspecified atom stereocenters. The highest BCUT2D eigenvalue weighted by molar-refractivity contribution is 7.98. The molecule has 0 saturated heterocycles. The molecule has 0 saturated carbocycles. The summed E-state index contributed by atoms with van der Waals surface area (Å²) in [4.78, 5) is 9.10. The Balaban J connectivity index is 2.23. The first-order valence-corrected chi connectivity index (χ1v) is 6.04. The second kappa shape index (κ2) is 4.28. The lowest BCUT2D eigenvalue weighted by Crippen LogP contribution is -2.13. The van der Waals surface area contributed by atoms with Gasteiger partial charge in [0.05, 0.1) is 5.69 Å². The summed E-state index contributed by atoms with van der Waals surface area (Å²) in [5.74, 6) is 3.14. The lowest BCUT2D eigenvalue weighted by Gasteiger charge is -2.05. The van der Waals surface area contributed by atoms with E-state index in [1.165, 1.54) is 17.0 Å². The van der Waals surface area contributed by atoms with E-state index in [0.29, 0.717) is 0 Å². The van der Waals surface area contributed by atoms with Gasteiger partial charge in [0.15, 0.2) is 0 Å². The number of aromatic nitrogens is 2. The first-order chi connectivity index (χ1) is 6.81. The van der Waals surface area contributed by atoms with E-state index in [4.69, 9.17) is 0 Å². The van der Waals surface area contributed by atoms with Crippen molar-refractivity contribution in [3.05, 3.63) is 22.8 Å². The highest BCUT2D eigenvalue weighted by Crippen LogP contribution is 2.29. The highest BCUT2D eigenvalue weighted by Gasteiger charge is 2.16. The van der Waals surface area contributed by atoms with E-state index < -0.39 is 0 Å². The Bertz CT molecular complexity index is 338. The van der Waals surface area contributed by atoms with Gasteiger partial charge in [0.25, 0.3) is 0 Å². The molecule has 76 valence electrons. The highest BCUT2D eigenvalue weighted by atomic mass is 32.2. The normalized spacial score (nSPS) is 14.4. The van der Waals surface area contributed by atoms with E-state index >= 15 is 0 Å². The number of thioether (sulfide) groups is 1. The fourth-order valence-electron chi connectivity index (χ4n) is 1.62. The smallest absolute Gasteiger partial charge is 0.130 e. The molecule has 0 atom stereocenters. The third-order valence-corrected chi connectivity index (χ3v) is 3.40. The molecule has 2 rings (SSSR count). The molecule has 0 bridgehead atoms. The summed E-state index contributed by atoms with van der Waals surface area (Å²) in [7, 11) is 1.95. The zero-order chi connectivity index (χ0) is 9.97. The van der Waals surface area contributed by atoms with Crippen molar-refractivity contribution in [1.82, 2.24) is 15.3 Å². The van der Waals surface area contributed by atoms with Crippen LogP contribution in [0.15, 0.2) is 0 Å². The topological polar surface area (TPSA) is 37.8 Å². The van der Waals surface area contributed by atoms with E-state index in [-0.39, 0.29) is 0 Å². The first kappa shape index (κ1) is 9.93. The predicted molar refractivity (Wildman–Crippen MR) is 59.4 cm³/mol. The van der Waals surface area contributed by atoms with Crippen LogP contribution in [0.1, 0.15) is 22.8 Å². The minimum absolute atomic E-state index is 0.926. The Labute approximate surface area is 88.7 Å². The molecule has 1 aliphatic rings. The van der Waals surface area contributed by atoms with Crippen LogP contribution in [0.25, 0.3) is 0 Å². The number of aryl methyl sites for hydroxylation is 1. The van der Waals surface area contributed by atoms with Gasteiger partial charge in [-0.1, -0.05) is 0 Å². The third kappa shape index (κ3) is 1.91. The van der Waals surface area contributed by atoms with E-state index in [2.05, 4.69) is 22.2 Å². The molecule has 0 aromatic carbocycles. The summed E-state index contributed by atoms with van der Waals surface area (Å²) in [5, 5.41) is 3.12. The number of nitrogens with zero attached hydrogens (tertiary/aromatic N) is 2. The number of rotatable bonds is 3. The van der Waals surface area contributed by atoms with Crippen LogP contribution in [0.3, 0.4) is 0 Å². The molecule has 1 aromatic rings. The standard InChI is InChI=1S/C10H15N3S/c1-7-8-5-14-6-9(8)13-10(12-7)3-4-11-2/h11H,3-6H2,1-2H3. The van der Waals surface area contributed by atoms with Crippen molar-refractivity contribution in [3.8, 4) is 0 Å². The number of likely N-dealkylation sites (N-methyl/N-ethyl adjacent to an activating group) is 1. The van der Waals surface area contributed by atoms with Crippen LogP contribution in [0, 0.1) is 6.92 Å². The van der Waals surface area contributed by atoms with Gasteiger partial charge in [0.2, 0.25) is 0 Å². The van der Waals surface area contributed by atoms with Crippen LogP contribution >= 0.6 is 11.8 Å². The Hall–Kier alpha value is -0.610. The average Bonchev–Trinajstić information content (AvgIpc) is 2.63. The van der Waals surface area contributed by atoms with Gasteiger partial charge in [-0.15, -0.1) is 0 Å². The van der Waals surface area contributed by atoms with Gasteiger partial charge >= 0.3 is 0 Å². The summed E-state index contributed by atoms with van der Waals surface area (Å²) in [6.07, 6.45) is 0.926. The number of hydrogen-bond donors (Lipinski definition) is 1. The number of fused-ring (bicyclic) bond motifs is 1. The summed E-state index contributed by atoms with van der Waals surface area (Å²) < 4.78 is 0. The van der Waals surface area contributed by atoms with Crippen molar-refractivity contribution >= 4 is 11.8 Å². The molecular formula is C10H15N3S. The zero-order valence-corrected chi connectivity index (χ0v) is 9.45. The fraction of sp³-hybridized carbons (Fsp3) is 0.600. The Morgan fingerprint density at radius 3 is 3.00 bits per heavy atom. The van der Waals surface area contributed by atoms with Crippen LogP contribution in [-0.2, 0) is 17.9 Å². The molecule has 1 N–H and O–H groups in total. The van der Waals surface area contributed by atoms with Crippen molar-refractivity contribution in [2.75, 3.05) is 13.6 Å². The molecule has 1 aliphatic heterocycles. The largest absolute Gasteiger partial charge is 0.319 e. The molecule has 1 aromatic heterocycles. The van der Waals surface area contributed by atoms with Crippen molar-refractivity contribution in [3.63, 3.8) is 0 Å². The van der Waals surface area contributed by atoms with E-state index in [9.17, 15) is 0 Å². The molecule has 0 amide bonds. The van der Waals surface area contributed by atoms with Gasteiger partial charge < -0.3 is 5.32 Å². The van der Waals surface area contributed by atoms with Crippen LogP contribution in [0.4, 0.5) is 0 Å². The number of nitrogens with one attached hydrogen (secondary N) is 1. The molecule has 3 nitrogen and oxygen atoms in total. The first-order valence-electron chi connectivity index (χ1n) is 4.89. The van der Waals surface area contributed by atoms with Gasteiger partial charge in [-0.05, 0) is 14.0 Å². The summed E-state index contributed by atoms with van der Waals surface area (Å²) in [6, 6.07) is 0. The Morgan fingerprint density at radius 2 is 2.21 bits per heavy atom. The van der Waals surface area contributed by atoms with Crippen molar-refractivity contribution in [2.24, 2.45) is 0 Å². The second-order valence-corrected chi connectivity index (χ2v) is 4.48. The van der Waals surface area contributed by atoms with Crippen molar-refractivity contribution < 1.29 is 0 Å². The molecule has 2 heterocycles. The van der Waals surface area contributed by atoms with E-state index in [1.807, 2.05) is 18.8 Å². The van der Waals surface area contributed by atoms with Crippen LogP contribution in [0.2, 0.25) is 0 Å². The lowest BCUT2D eigenvalue weighted by atomic mass is 10.2. The van der Waals surface area contributed by atoms with E-state index in [1.54, 1.807) is 0 Å². The molecule has 14 heavy (non-hydrogen) atoms. The summed E-state index contributed by atoms with van der Waals surface area (Å²) >= 11 is 1.93. The van der Waals surface area contributed by atoms with E-state index in [0.717, 1.165) is 30.3 Å². The SMILES string of the molecule is CNCCc1nc(C)c2c(n1)CSC2. The van der Waals surface area contributed by atoms with Gasteiger partial charge in [-0.2, -0.15) is 11.8 Å². The fourth-order valence-corrected chi connectivity index (χ4v) is 2.74.